The molecule has 0 aliphatic heterocycles. The minimum Gasteiger partial charge on any atom is -0.354 e. The van der Waals surface area contributed by atoms with Gasteiger partial charge in [-0.1, -0.05) is 17.7 Å². The summed E-state index contributed by atoms with van der Waals surface area (Å²) in [5, 5.41) is 2.47. The summed E-state index contributed by atoms with van der Waals surface area (Å²) in [6.45, 7) is 2.21. The van der Waals surface area contributed by atoms with E-state index in [0.717, 1.165) is 5.56 Å². The first kappa shape index (κ1) is 14.6. The zero-order valence-electron chi connectivity index (χ0n) is 10.1. The Bertz CT molecular complexity index is 497. The Labute approximate surface area is 107 Å². The second-order valence-corrected chi connectivity index (χ2v) is 5.54. The minimum absolute atomic E-state index is 0.139. The summed E-state index contributed by atoms with van der Waals surface area (Å²) in [5.74, 6) is -0.406. The lowest BCUT2D eigenvalue weighted by Crippen LogP contribution is -2.38. The van der Waals surface area contributed by atoms with E-state index in [1.165, 1.54) is 12.1 Å². The molecule has 1 rings (SSSR count). The number of nitrogens with one attached hydrogen (secondary N) is 2. The Morgan fingerprint density at radius 2 is 1.89 bits per heavy atom. The largest absolute Gasteiger partial charge is 0.354 e. The predicted molar refractivity (Wildman–Crippen MR) is 68.4 cm³/mol. The maximum absolute atomic E-state index is 11.8. The number of carbonyl (C=O) groups excluding carboxylic acids is 1. The van der Waals surface area contributed by atoms with E-state index in [1.807, 2.05) is 6.92 Å². The van der Waals surface area contributed by atoms with Crippen molar-refractivity contribution in [1.82, 2.24) is 10.0 Å². The van der Waals surface area contributed by atoms with Crippen LogP contribution in [0.3, 0.4) is 0 Å². The van der Waals surface area contributed by atoms with Crippen LogP contribution in [-0.2, 0) is 14.8 Å². The van der Waals surface area contributed by atoms with Crippen molar-refractivity contribution in [3.05, 3.63) is 29.8 Å². The molecule has 0 saturated carbocycles. The number of nitrogens with two attached hydrogens (primary N) is 1. The molecule has 0 aliphatic carbocycles. The van der Waals surface area contributed by atoms with Gasteiger partial charge in [0.15, 0.2) is 0 Å². The normalized spacial score (nSPS) is 11.2. The van der Waals surface area contributed by atoms with Crippen molar-refractivity contribution in [3.8, 4) is 0 Å². The second-order valence-electron chi connectivity index (χ2n) is 3.78. The molecule has 0 aromatic heterocycles. The van der Waals surface area contributed by atoms with Gasteiger partial charge in [0.2, 0.25) is 15.9 Å². The highest BCUT2D eigenvalue weighted by atomic mass is 32.2. The number of hydrogen-bond donors (Lipinski definition) is 3. The van der Waals surface area contributed by atoms with Crippen LogP contribution in [0.4, 0.5) is 0 Å². The smallest absolute Gasteiger partial charge is 0.241 e. The fourth-order valence-corrected chi connectivity index (χ4v) is 2.22. The van der Waals surface area contributed by atoms with Gasteiger partial charge in [-0.05, 0) is 19.1 Å². The van der Waals surface area contributed by atoms with Gasteiger partial charge in [-0.3, -0.25) is 4.79 Å². The van der Waals surface area contributed by atoms with E-state index in [-0.39, 0.29) is 11.4 Å². The lowest BCUT2D eigenvalue weighted by atomic mass is 10.2. The Morgan fingerprint density at radius 1 is 1.28 bits per heavy atom. The van der Waals surface area contributed by atoms with Crippen LogP contribution in [0.25, 0.3) is 0 Å². The summed E-state index contributed by atoms with van der Waals surface area (Å²) >= 11 is 0. The molecule has 1 aromatic rings. The lowest BCUT2D eigenvalue weighted by Gasteiger charge is -2.07. The SMILES string of the molecule is Cc1ccc(S(=O)(=O)NCC(=O)NCCN)cc1. The van der Waals surface area contributed by atoms with Gasteiger partial charge in [0.25, 0.3) is 0 Å². The van der Waals surface area contributed by atoms with Crippen LogP contribution in [0, 0.1) is 6.92 Å². The van der Waals surface area contributed by atoms with Gasteiger partial charge >= 0.3 is 0 Å². The molecule has 4 N–H and O–H groups in total. The maximum Gasteiger partial charge on any atom is 0.241 e. The molecular formula is C11H17N3O3S. The standard InChI is InChI=1S/C11H17N3O3S/c1-9-2-4-10(5-3-9)18(16,17)14-8-11(15)13-7-6-12/h2-5,14H,6-8,12H2,1H3,(H,13,15). The molecule has 0 spiro atoms. The number of sulfonamides is 1. The van der Waals surface area contributed by atoms with Crippen molar-refractivity contribution >= 4 is 15.9 Å². The van der Waals surface area contributed by atoms with Crippen LogP contribution in [0.1, 0.15) is 5.56 Å². The van der Waals surface area contributed by atoms with Crippen LogP contribution in [0.2, 0.25) is 0 Å². The Morgan fingerprint density at radius 3 is 2.44 bits per heavy atom. The number of aryl methyl sites for hydroxylation is 1. The summed E-state index contributed by atoms with van der Waals surface area (Å²) in [5.41, 5.74) is 6.18. The third-order valence-corrected chi connectivity index (χ3v) is 3.64. The first-order valence-electron chi connectivity index (χ1n) is 5.49. The first-order chi connectivity index (χ1) is 8.45. The molecule has 1 amide bonds. The monoisotopic (exact) mass is 271 g/mol. The highest BCUT2D eigenvalue weighted by molar-refractivity contribution is 7.89. The highest BCUT2D eigenvalue weighted by Crippen LogP contribution is 2.09. The molecule has 0 radical (unpaired) electrons. The van der Waals surface area contributed by atoms with Gasteiger partial charge in [0.05, 0.1) is 11.4 Å². The molecule has 0 heterocycles. The molecule has 0 saturated heterocycles. The van der Waals surface area contributed by atoms with E-state index >= 15 is 0 Å². The third-order valence-electron chi connectivity index (χ3n) is 2.22. The van der Waals surface area contributed by atoms with Gasteiger partial charge in [-0.15, -0.1) is 0 Å². The van der Waals surface area contributed by atoms with Gasteiger partial charge in [0, 0.05) is 13.1 Å². The van der Waals surface area contributed by atoms with E-state index in [1.54, 1.807) is 12.1 Å². The van der Waals surface area contributed by atoms with Crippen LogP contribution in [0.15, 0.2) is 29.2 Å². The topological polar surface area (TPSA) is 101 Å². The summed E-state index contributed by atoms with van der Waals surface area (Å²) < 4.78 is 25.8. The van der Waals surface area contributed by atoms with Crippen molar-refractivity contribution in [1.29, 1.82) is 0 Å². The van der Waals surface area contributed by atoms with Gasteiger partial charge < -0.3 is 11.1 Å². The molecule has 0 aliphatic rings. The Hall–Kier alpha value is -1.44. The summed E-state index contributed by atoms with van der Waals surface area (Å²) in [6, 6.07) is 6.39. The van der Waals surface area contributed by atoms with Gasteiger partial charge in [-0.25, -0.2) is 13.1 Å². The maximum atomic E-state index is 11.8. The van der Waals surface area contributed by atoms with E-state index in [0.29, 0.717) is 13.1 Å². The molecule has 1 aromatic carbocycles. The molecule has 0 fully saturated rings. The molecule has 0 atom stereocenters. The average Bonchev–Trinajstić information content (AvgIpc) is 2.34. The molecule has 100 valence electrons. The van der Waals surface area contributed by atoms with E-state index in [2.05, 4.69) is 10.0 Å². The second kappa shape index (κ2) is 6.48. The first-order valence-corrected chi connectivity index (χ1v) is 6.97. The zero-order chi connectivity index (χ0) is 13.6. The number of carbonyl (C=O) groups is 1. The average molecular weight is 271 g/mol. The summed E-state index contributed by atoms with van der Waals surface area (Å²) in [6.07, 6.45) is 0. The highest BCUT2D eigenvalue weighted by Gasteiger charge is 2.14. The quantitative estimate of drug-likeness (QED) is 0.640. The predicted octanol–water partition coefficient (Wildman–Crippen LogP) is -0.652. The van der Waals surface area contributed by atoms with Crippen molar-refractivity contribution in [2.45, 2.75) is 11.8 Å². The molecule has 18 heavy (non-hydrogen) atoms. The lowest BCUT2D eigenvalue weighted by molar-refractivity contribution is -0.119. The van der Waals surface area contributed by atoms with Crippen LogP contribution in [-0.4, -0.2) is 34.0 Å². The summed E-state index contributed by atoms with van der Waals surface area (Å²) in [7, 11) is -3.64. The third kappa shape index (κ3) is 4.44. The minimum atomic E-state index is -3.64. The number of benzene rings is 1. The number of amides is 1. The van der Waals surface area contributed by atoms with Crippen molar-refractivity contribution in [2.24, 2.45) is 5.73 Å². The molecule has 0 unspecified atom stereocenters. The van der Waals surface area contributed by atoms with E-state index < -0.39 is 15.9 Å². The molecule has 0 bridgehead atoms. The fraction of sp³-hybridized carbons (Fsp3) is 0.364. The van der Waals surface area contributed by atoms with Crippen molar-refractivity contribution in [2.75, 3.05) is 19.6 Å². The van der Waals surface area contributed by atoms with E-state index in [9.17, 15) is 13.2 Å². The van der Waals surface area contributed by atoms with Gasteiger partial charge in [0.1, 0.15) is 0 Å². The van der Waals surface area contributed by atoms with Gasteiger partial charge in [-0.2, -0.15) is 0 Å². The van der Waals surface area contributed by atoms with Crippen LogP contribution < -0.4 is 15.8 Å². The molecule has 7 heteroatoms. The molecular weight excluding hydrogens is 254 g/mol. The van der Waals surface area contributed by atoms with Crippen LogP contribution >= 0.6 is 0 Å². The summed E-state index contributed by atoms with van der Waals surface area (Å²) in [4.78, 5) is 11.4. The Kier molecular flexibility index (Phi) is 5.26. The van der Waals surface area contributed by atoms with E-state index in [4.69, 9.17) is 5.73 Å². The fourth-order valence-electron chi connectivity index (χ4n) is 1.24. The van der Waals surface area contributed by atoms with Crippen molar-refractivity contribution < 1.29 is 13.2 Å². The number of hydrogen-bond acceptors (Lipinski definition) is 4. The van der Waals surface area contributed by atoms with Crippen LogP contribution in [0.5, 0.6) is 0 Å². The van der Waals surface area contributed by atoms with Crippen molar-refractivity contribution in [3.63, 3.8) is 0 Å². The Balaban J connectivity index is 2.60. The number of rotatable bonds is 6. The zero-order valence-corrected chi connectivity index (χ0v) is 11.0. The molecule has 6 nitrogen and oxygen atoms in total.